The van der Waals surface area contributed by atoms with Crippen molar-refractivity contribution in [1.29, 1.82) is 0 Å². The largest absolute Gasteiger partial charge is 0.361 e. The standard InChI is InChI=1S/C16H16N6O2/c1-9-15(23)18-12-6-10(4-5-13(12)22(9)3)16-19-14(20-24-16)11-7-17-21(2)8-11/h4-9H,1-3H3,(H,18,23). The number of carbonyl (C=O) groups is 1. The average molecular weight is 324 g/mol. The quantitative estimate of drug-likeness (QED) is 0.774. The molecule has 1 amide bonds. The van der Waals surface area contributed by atoms with Gasteiger partial charge in [-0.15, -0.1) is 0 Å². The van der Waals surface area contributed by atoms with Gasteiger partial charge in [0.25, 0.3) is 5.89 Å². The monoisotopic (exact) mass is 324 g/mol. The van der Waals surface area contributed by atoms with Gasteiger partial charge in [-0.2, -0.15) is 10.1 Å². The molecule has 0 saturated heterocycles. The Morgan fingerprint density at radius 1 is 1.25 bits per heavy atom. The molecule has 0 radical (unpaired) electrons. The maximum Gasteiger partial charge on any atom is 0.258 e. The molecule has 0 saturated carbocycles. The molecule has 2 aromatic heterocycles. The van der Waals surface area contributed by atoms with Crippen molar-refractivity contribution in [1.82, 2.24) is 19.9 Å². The molecule has 4 rings (SSSR count). The van der Waals surface area contributed by atoms with E-state index in [1.54, 1.807) is 10.9 Å². The molecule has 0 spiro atoms. The van der Waals surface area contributed by atoms with Crippen molar-refractivity contribution in [2.75, 3.05) is 17.3 Å². The SMILES string of the molecule is CC1C(=O)Nc2cc(-c3nc(-c4cnn(C)c4)no3)ccc2N1C. The number of nitrogens with zero attached hydrogens (tertiary/aromatic N) is 5. The molecule has 3 heterocycles. The normalized spacial score (nSPS) is 16.9. The summed E-state index contributed by atoms with van der Waals surface area (Å²) >= 11 is 0. The van der Waals surface area contributed by atoms with Gasteiger partial charge in [-0.05, 0) is 25.1 Å². The van der Waals surface area contributed by atoms with E-state index in [1.807, 2.05) is 50.3 Å². The summed E-state index contributed by atoms with van der Waals surface area (Å²) in [5.41, 5.74) is 3.23. The lowest BCUT2D eigenvalue weighted by Gasteiger charge is -2.33. The number of likely N-dealkylation sites (N-methyl/N-ethyl adjacent to an activating group) is 1. The Labute approximate surface area is 138 Å². The van der Waals surface area contributed by atoms with Gasteiger partial charge in [0.1, 0.15) is 6.04 Å². The summed E-state index contributed by atoms with van der Waals surface area (Å²) in [6.45, 7) is 1.87. The third kappa shape index (κ3) is 2.23. The van der Waals surface area contributed by atoms with Crippen molar-refractivity contribution in [3.63, 3.8) is 0 Å². The first-order valence-electron chi connectivity index (χ1n) is 7.54. The van der Waals surface area contributed by atoms with Crippen LogP contribution in [-0.2, 0) is 11.8 Å². The lowest BCUT2D eigenvalue weighted by molar-refractivity contribution is -0.117. The number of amides is 1. The Hall–Kier alpha value is -3.16. The highest BCUT2D eigenvalue weighted by Gasteiger charge is 2.27. The van der Waals surface area contributed by atoms with Crippen molar-refractivity contribution in [3.05, 3.63) is 30.6 Å². The van der Waals surface area contributed by atoms with Crippen LogP contribution >= 0.6 is 0 Å². The Bertz CT molecular complexity index is 928. The lowest BCUT2D eigenvalue weighted by Crippen LogP contribution is -2.43. The first kappa shape index (κ1) is 14.4. The van der Waals surface area contributed by atoms with Gasteiger partial charge in [-0.3, -0.25) is 9.48 Å². The summed E-state index contributed by atoms with van der Waals surface area (Å²) in [6, 6.07) is 5.48. The number of carbonyl (C=O) groups excluding carboxylic acids is 1. The van der Waals surface area contributed by atoms with Crippen molar-refractivity contribution < 1.29 is 9.32 Å². The van der Waals surface area contributed by atoms with Crippen LogP contribution in [0.1, 0.15) is 6.92 Å². The Morgan fingerprint density at radius 2 is 2.08 bits per heavy atom. The molecule has 8 heteroatoms. The number of aromatic nitrogens is 4. The smallest absolute Gasteiger partial charge is 0.258 e. The second kappa shape index (κ2) is 5.19. The molecule has 1 aliphatic heterocycles. The third-order valence-electron chi connectivity index (χ3n) is 4.23. The minimum absolute atomic E-state index is 0.0382. The molecular weight excluding hydrogens is 308 g/mol. The molecule has 0 fully saturated rings. The molecule has 1 aromatic carbocycles. The number of rotatable bonds is 2. The molecule has 1 unspecified atom stereocenters. The van der Waals surface area contributed by atoms with Crippen LogP contribution in [0, 0.1) is 0 Å². The van der Waals surface area contributed by atoms with Gasteiger partial charge in [0.15, 0.2) is 0 Å². The van der Waals surface area contributed by atoms with Crippen molar-refractivity contribution in [2.24, 2.45) is 7.05 Å². The van der Waals surface area contributed by atoms with E-state index in [0.717, 1.165) is 22.5 Å². The number of nitrogens with one attached hydrogen (secondary N) is 1. The number of fused-ring (bicyclic) bond motifs is 1. The van der Waals surface area contributed by atoms with E-state index < -0.39 is 0 Å². The van der Waals surface area contributed by atoms with Gasteiger partial charge >= 0.3 is 0 Å². The summed E-state index contributed by atoms with van der Waals surface area (Å²) in [5.74, 6) is 0.835. The zero-order valence-electron chi connectivity index (χ0n) is 13.5. The fourth-order valence-electron chi connectivity index (χ4n) is 2.69. The van der Waals surface area contributed by atoms with Gasteiger partial charge in [0, 0.05) is 25.9 Å². The number of hydrogen-bond donors (Lipinski definition) is 1. The first-order chi connectivity index (χ1) is 11.5. The van der Waals surface area contributed by atoms with E-state index in [0.29, 0.717) is 11.7 Å². The first-order valence-corrected chi connectivity index (χ1v) is 7.54. The maximum atomic E-state index is 12.0. The summed E-state index contributed by atoms with van der Waals surface area (Å²) in [4.78, 5) is 18.3. The topological polar surface area (TPSA) is 89.1 Å². The van der Waals surface area contributed by atoms with E-state index in [2.05, 4.69) is 20.6 Å². The molecular formula is C16H16N6O2. The molecule has 3 aromatic rings. The third-order valence-corrected chi connectivity index (χ3v) is 4.23. The maximum absolute atomic E-state index is 12.0. The number of aryl methyl sites for hydroxylation is 1. The Morgan fingerprint density at radius 3 is 2.83 bits per heavy atom. The predicted molar refractivity (Wildman–Crippen MR) is 88.4 cm³/mol. The van der Waals surface area contributed by atoms with E-state index in [4.69, 9.17) is 4.52 Å². The van der Waals surface area contributed by atoms with Crippen LogP contribution in [0.2, 0.25) is 0 Å². The summed E-state index contributed by atoms with van der Waals surface area (Å²) in [5, 5.41) is 11.0. The minimum atomic E-state index is -0.205. The van der Waals surface area contributed by atoms with Crippen LogP contribution in [0.5, 0.6) is 0 Å². The van der Waals surface area contributed by atoms with Gasteiger partial charge < -0.3 is 14.7 Å². The van der Waals surface area contributed by atoms with Crippen LogP contribution in [0.3, 0.4) is 0 Å². The van der Waals surface area contributed by atoms with Crippen molar-refractivity contribution >= 4 is 17.3 Å². The van der Waals surface area contributed by atoms with Crippen LogP contribution in [0.4, 0.5) is 11.4 Å². The van der Waals surface area contributed by atoms with Crippen LogP contribution in [-0.4, -0.2) is 38.9 Å². The molecule has 1 N–H and O–H groups in total. The number of hydrogen-bond acceptors (Lipinski definition) is 6. The van der Waals surface area contributed by atoms with Gasteiger partial charge in [0.05, 0.1) is 23.1 Å². The zero-order chi connectivity index (χ0) is 16.8. The molecule has 24 heavy (non-hydrogen) atoms. The molecule has 1 aliphatic rings. The van der Waals surface area contributed by atoms with Crippen LogP contribution in [0.25, 0.3) is 22.8 Å². The molecule has 122 valence electrons. The van der Waals surface area contributed by atoms with E-state index >= 15 is 0 Å². The highest BCUT2D eigenvalue weighted by atomic mass is 16.5. The van der Waals surface area contributed by atoms with Crippen LogP contribution in [0.15, 0.2) is 35.1 Å². The average Bonchev–Trinajstić information content (AvgIpc) is 3.21. The van der Waals surface area contributed by atoms with E-state index in [-0.39, 0.29) is 11.9 Å². The molecule has 8 nitrogen and oxygen atoms in total. The predicted octanol–water partition coefficient (Wildman–Crippen LogP) is 1.91. The van der Waals surface area contributed by atoms with Gasteiger partial charge in [-0.1, -0.05) is 5.16 Å². The summed E-state index contributed by atoms with van der Waals surface area (Å²) in [7, 11) is 3.73. The Balaban J connectivity index is 1.70. The van der Waals surface area contributed by atoms with E-state index in [1.165, 1.54) is 0 Å². The second-order valence-electron chi connectivity index (χ2n) is 5.83. The molecule has 0 aliphatic carbocycles. The molecule has 1 atom stereocenters. The van der Waals surface area contributed by atoms with Gasteiger partial charge in [0.2, 0.25) is 11.7 Å². The second-order valence-corrected chi connectivity index (χ2v) is 5.83. The zero-order valence-corrected chi connectivity index (χ0v) is 13.5. The minimum Gasteiger partial charge on any atom is -0.361 e. The highest BCUT2D eigenvalue weighted by Crippen LogP contribution is 2.34. The van der Waals surface area contributed by atoms with E-state index in [9.17, 15) is 4.79 Å². The highest BCUT2D eigenvalue weighted by molar-refractivity contribution is 6.03. The summed E-state index contributed by atoms with van der Waals surface area (Å²) < 4.78 is 7.03. The summed E-state index contributed by atoms with van der Waals surface area (Å²) in [6.07, 6.45) is 3.50. The lowest BCUT2D eigenvalue weighted by atomic mass is 10.1. The van der Waals surface area contributed by atoms with Crippen molar-refractivity contribution in [2.45, 2.75) is 13.0 Å². The van der Waals surface area contributed by atoms with Gasteiger partial charge in [-0.25, -0.2) is 0 Å². The number of anilines is 2. The van der Waals surface area contributed by atoms with Crippen molar-refractivity contribution in [3.8, 4) is 22.8 Å². The number of benzene rings is 1. The van der Waals surface area contributed by atoms with Crippen LogP contribution < -0.4 is 10.2 Å². The molecule has 0 bridgehead atoms. The fraction of sp³-hybridized carbons (Fsp3) is 0.250. The fourth-order valence-corrected chi connectivity index (χ4v) is 2.69. The Kier molecular flexibility index (Phi) is 3.12.